The van der Waals surface area contributed by atoms with Crippen LogP contribution in [-0.2, 0) is 48.5 Å². The van der Waals surface area contributed by atoms with E-state index in [1.54, 1.807) is 35.8 Å². The van der Waals surface area contributed by atoms with Crippen LogP contribution in [0.4, 0.5) is 54.2 Å². The van der Waals surface area contributed by atoms with Crippen molar-refractivity contribution in [1.82, 2.24) is 14.7 Å². The van der Waals surface area contributed by atoms with Gasteiger partial charge in [-0.05, 0) is 149 Å². The fourth-order valence-electron chi connectivity index (χ4n) is 8.02. The molecule has 6 amide bonds. The highest BCUT2D eigenvalue weighted by atomic mass is 32.2. The second kappa shape index (κ2) is 22.3. The number of nitrogens with one attached hydrogen (secondary N) is 4. The molecule has 0 bridgehead atoms. The summed E-state index contributed by atoms with van der Waals surface area (Å²) in [5.41, 5.74) is 9.12. The quantitative estimate of drug-likeness (QED) is 0.124. The third-order valence-electron chi connectivity index (χ3n) is 12.1. The zero-order valence-corrected chi connectivity index (χ0v) is 44.3. The molecule has 18 heteroatoms. The summed E-state index contributed by atoms with van der Waals surface area (Å²) in [5, 5.41) is 8.61. The van der Waals surface area contributed by atoms with Crippen LogP contribution in [0.5, 0.6) is 0 Å². The van der Waals surface area contributed by atoms with Gasteiger partial charge in [-0.25, -0.2) is 31.8 Å². The summed E-state index contributed by atoms with van der Waals surface area (Å²) in [6.07, 6.45) is 6.04. The molecule has 3 atom stereocenters. The van der Waals surface area contributed by atoms with Crippen LogP contribution in [-0.4, -0.2) is 79.8 Å². The first-order valence-corrected chi connectivity index (χ1v) is 29.2. The number of fused-ring (bicyclic) bond motifs is 3. The van der Waals surface area contributed by atoms with Crippen LogP contribution >= 0.6 is 0 Å². The number of carbonyl (C=O) groups excluding carboxylic acids is 3. The highest BCUT2D eigenvalue weighted by Crippen LogP contribution is 2.33. The predicted molar refractivity (Wildman–Crippen MR) is 301 cm³/mol. The molecule has 0 fully saturated rings. The number of anilines is 3. The number of hydrogen-bond acceptors (Lipinski definition) is 9. The molecule has 4 N–H and O–H groups in total. The minimum atomic E-state index is -1.99. The molecule has 73 heavy (non-hydrogen) atoms. The van der Waals surface area contributed by atoms with Crippen molar-refractivity contribution in [2.75, 3.05) is 62.9 Å². The van der Waals surface area contributed by atoms with Gasteiger partial charge in [0.1, 0.15) is 0 Å². The summed E-state index contributed by atoms with van der Waals surface area (Å²) in [5.74, 6) is 0. The van der Waals surface area contributed by atoms with E-state index in [0.29, 0.717) is 19.6 Å². The van der Waals surface area contributed by atoms with Crippen molar-refractivity contribution in [3.8, 4) is 0 Å². The van der Waals surface area contributed by atoms with Crippen molar-refractivity contribution < 1.29 is 14.4 Å². The molecule has 3 aliphatic heterocycles. The molecule has 0 aliphatic carbocycles. The van der Waals surface area contributed by atoms with Crippen LogP contribution in [0.15, 0.2) is 212 Å². The molecule has 7 aromatic carbocycles. The first-order chi connectivity index (χ1) is 35.0. The fourth-order valence-corrected chi connectivity index (χ4v) is 12.9. The van der Waals surface area contributed by atoms with Gasteiger partial charge in [-0.1, -0.05) is 72.8 Å². The lowest BCUT2D eigenvalue weighted by molar-refractivity contribution is 0.218. The van der Waals surface area contributed by atoms with E-state index in [2.05, 4.69) is 61.5 Å². The van der Waals surface area contributed by atoms with Gasteiger partial charge in [0.05, 0.1) is 22.7 Å². The summed E-state index contributed by atoms with van der Waals surface area (Å²) in [6.45, 7) is 1.71. The molecule has 0 aromatic heterocycles. The van der Waals surface area contributed by atoms with Crippen LogP contribution in [0.25, 0.3) is 0 Å². The smallest absolute Gasteiger partial charge is 0.321 e. The van der Waals surface area contributed by atoms with Crippen LogP contribution in [0.3, 0.4) is 0 Å². The molecule has 3 heterocycles. The fraction of sp³-hybridized carbons (Fsp3) is 0.182. The molecule has 0 saturated heterocycles. The van der Waals surface area contributed by atoms with Crippen LogP contribution in [0, 0.1) is 4.78 Å². The molecule has 3 aliphatic rings. The van der Waals surface area contributed by atoms with Crippen molar-refractivity contribution in [2.45, 2.75) is 34.3 Å². The van der Waals surface area contributed by atoms with Gasteiger partial charge in [0.25, 0.3) is 0 Å². The van der Waals surface area contributed by atoms with Gasteiger partial charge in [-0.2, -0.15) is 0 Å². The molecule has 7 aromatic rings. The van der Waals surface area contributed by atoms with Gasteiger partial charge < -0.3 is 30.7 Å². The zero-order valence-electron chi connectivity index (χ0n) is 41.9. The van der Waals surface area contributed by atoms with E-state index in [1.165, 1.54) is 0 Å². The van der Waals surface area contributed by atoms with Gasteiger partial charge in [0.2, 0.25) is 0 Å². The molecule has 10 rings (SSSR count). The molecular weight excluding hydrogens is 973 g/mol. The highest BCUT2D eigenvalue weighted by molar-refractivity contribution is 7.95. The maximum atomic E-state index is 11.8. The average Bonchev–Trinajstić information content (AvgIpc) is 3.39. The Morgan fingerprint density at radius 3 is 1.11 bits per heavy atom. The lowest BCUT2D eigenvalue weighted by Crippen LogP contribution is -2.35. The predicted octanol–water partition coefficient (Wildman–Crippen LogP) is 14.1. The first-order valence-electron chi connectivity index (χ1n) is 23.3. The van der Waals surface area contributed by atoms with E-state index in [4.69, 9.17) is 17.9 Å². The topological polar surface area (TPSA) is 183 Å². The van der Waals surface area contributed by atoms with Gasteiger partial charge in [0, 0.05) is 98.3 Å². The third kappa shape index (κ3) is 12.6. The lowest BCUT2D eigenvalue weighted by Gasteiger charge is -2.26. The van der Waals surface area contributed by atoms with E-state index >= 15 is 0 Å². The van der Waals surface area contributed by atoms with Gasteiger partial charge in [-0.3, -0.25) is 9.14 Å². The SMILES string of the molecule is CN1Cc2cc(N=S(C)(=N)c3ccccc3)ccc2NC1=O.CN1Cc2cc(N=S(C)(=Nc3ccccc3)c3ccccc3)ccc2NC1=O.CN=S(C)(=Nc1ccc2c(c1)CN(C)C(=O)N2)c1ccccc1. The Morgan fingerprint density at radius 1 is 0.411 bits per heavy atom. The summed E-state index contributed by atoms with van der Waals surface area (Å²) >= 11 is 0. The lowest BCUT2D eigenvalue weighted by atomic mass is 10.1. The minimum absolute atomic E-state index is 0.0782. The monoisotopic (exact) mass is 1030 g/mol. The summed E-state index contributed by atoms with van der Waals surface area (Å²) < 4.78 is 32.8. The molecule has 0 saturated carbocycles. The van der Waals surface area contributed by atoms with E-state index < -0.39 is 28.9 Å². The van der Waals surface area contributed by atoms with Crippen LogP contribution < -0.4 is 16.0 Å². The maximum Gasteiger partial charge on any atom is 0.321 e. The second-order valence-corrected chi connectivity index (χ2v) is 25.3. The Bertz CT molecular complexity index is 3590. The number of hydrogen-bond donors (Lipinski definition) is 4. The van der Waals surface area contributed by atoms with Crippen molar-refractivity contribution >= 4 is 86.8 Å². The second-order valence-electron chi connectivity index (χ2n) is 17.7. The largest absolute Gasteiger partial charge is 0.323 e. The molecule has 3 unspecified atom stereocenters. The molecule has 0 radical (unpaired) electrons. The standard InChI is InChI=1S/C22H22N4OS.C17H20N4OS.C16H18N4OS/c1-26-16-17-15-19(13-14-21(17)23-22(26)27)25-28(2,20-11-7-4-8-12-20)24-18-9-5-3-6-10-18;1-18-23(3,15-7-5-4-6-8-15)20-14-9-10-16-13(11-14)12-21(2)17(22)19-16;1-20-11-12-10-13(8-9-15(12)18-16(20)21)19-22(2,17)14-6-4-3-5-7-14/h3-15H,16H2,1-2H3,(H,23,27);4-11H,12H2,1-3H3,(H,19,22);3-10,17H,11H2,1-2H3,(H,18,21). The maximum absolute atomic E-state index is 11.8. The summed E-state index contributed by atoms with van der Waals surface area (Å²) in [6, 6.07) is 57.2. The number of carbonyl (C=O) groups is 3. The van der Waals surface area contributed by atoms with E-state index in [-0.39, 0.29) is 18.1 Å². The van der Waals surface area contributed by atoms with E-state index in [0.717, 1.165) is 71.2 Å². The van der Waals surface area contributed by atoms with Crippen molar-refractivity contribution in [2.24, 2.45) is 21.8 Å². The number of rotatable bonds is 7. The number of benzene rings is 7. The first kappa shape index (κ1) is 51.6. The Labute approximate surface area is 430 Å². The normalized spacial score (nSPS) is 15.9. The van der Waals surface area contributed by atoms with Gasteiger partial charge in [-0.15, -0.1) is 0 Å². The van der Waals surface area contributed by atoms with Crippen LogP contribution in [0.2, 0.25) is 0 Å². The van der Waals surface area contributed by atoms with E-state index in [9.17, 15) is 14.4 Å². The Balaban J connectivity index is 0.000000148. The highest BCUT2D eigenvalue weighted by Gasteiger charge is 2.22. The minimum Gasteiger partial charge on any atom is -0.323 e. The Hall–Kier alpha value is -7.80. The van der Waals surface area contributed by atoms with Gasteiger partial charge in [0.15, 0.2) is 0 Å². The number of nitrogens with zero attached hydrogens (tertiary/aromatic N) is 8. The number of urea groups is 3. The molecule has 0 spiro atoms. The number of amides is 6. The molecular formula is C55H60N12O3S3. The van der Waals surface area contributed by atoms with Crippen molar-refractivity contribution in [1.29, 1.82) is 4.78 Å². The molecule has 376 valence electrons. The third-order valence-corrected chi connectivity index (χ3v) is 18.6. The summed E-state index contributed by atoms with van der Waals surface area (Å²) in [7, 11) is 1.71. The molecule has 15 nitrogen and oxygen atoms in total. The van der Waals surface area contributed by atoms with Crippen molar-refractivity contribution in [3.05, 3.63) is 193 Å². The van der Waals surface area contributed by atoms with Gasteiger partial charge >= 0.3 is 18.1 Å². The van der Waals surface area contributed by atoms with E-state index in [1.807, 2.05) is 165 Å². The Kier molecular flexibility index (Phi) is 15.8. The Morgan fingerprint density at radius 2 is 0.726 bits per heavy atom. The average molecular weight is 1030 g/mol. The van der Waals surface area contributed by atoms with Crippen LogP contribution in [0.1, 0.15) is 16.7 Å². The van der Waals surface area contributed by atoms with Crippen molar-refractivity contribution in [3.63, 3.8) is 0 Å². The zero-order chi connectivity index (χ0) is 51.8. The summed E-state index contributed by atoms with van der Waals surface area (Å²) in [4.78, 5) is 43.2.